The van der Waals surface area contributed by atoms with Crippen LogP contribution in [0.1, 0.15) is 23.2 Å². The predicted octanol–water partition coefficient (Wildman–Crippen LogP) is 1.36. The zero-order chi connectivity index (χ0) is 11.4. The zero-order valence-corrected chi connectivity index (χ0v) is 8.00. The second kappa shape index (κ2) is 4.66. The molecule has 0 unspecified atom stereocenters. The monoisotopic (exact) mass is 213 g/mol. The van der Waals surface area contributed by atoms with E-state index in [9.17, 15) is 8.78 Å². The molecule has 1 rings (SSSR count). The Hall–Kier alpha value is -1.74. The van der Waals surface area contributed by atoms with Crippen molar-refractivity contribution in [3.8, 4) is 11.9 Å². The van der Waals surface area contributed by atoms with Gasteiger partial charge in [-0.1, -0.05) is 0 Å². The first kappa shape index (κ1) is 11.3. The number of aromatic nitrogens is 1. The third-order valence-corrected chi connectivity index (χ3v) is 1.87. The van der Waals surface area contributed by atoms with Crippen LogP contribution in [0.15, 0.2) is 6.07 Å². The lowest BCUT2D eigenvalue weighted by Gasteiger charge is -2.09. The topological polar surface area (TPSA) is 71.9 Å². The second-order valence-corrected chi connectivity index (χ2v) is 2.70. The van der Waals surface area contributed by atoms with Crippen LogP contribution in [0, 0.1) is 11.3 Å². The fraction of sp³-hybridized carbons (Fsp3) is 0.333. The number of hydrogen-bond donors (Lipinski definition) is 1. The molecule has 15 heavy (non-hydrogen) atoms. The zero-order valence-electron chi connectivity index (χ0n) is 8.00. The van der Waals surface area contributed by atoms with Gasteiger partial charge in [-0.15, -0.1) is 0 Å². The van der Waals surface area contributed by atoms with Crippen LogP contribution < -0.4 is 10.5 Å². The molecule has 1 aromatic rings. The highest BCUT2D eigenvalue weighted by molar-refractivity contribution is 5.41. The summed E-state index contributed by atoms with van der Waals surface area (Å²) in [6, 6.07) is 2.91. The average Bonchev–Trinajstić information content (AvgIpc) is 2.26. The molecule has 1 heterocycles. The molecule has 0 aliphatic rings. The van der Waals surface area contributed by atoms with Gasteiger partial charge >= 0.3 is 0 Å². The maximum Gasteiger partial charge on any atom is 0.266 e. The smallest absolute Gasteiger partial charge is 0.266 e. The Morgan fingerprint density at radius 2 is 2.33 bits per heavy atom. The molecule has 2 N–H and O–H groups in total. The van der Waals surface area contributed by atoms with Gasteiger partial charge in [0.25, 0.3) is 6.43 Å². The van der Waals surface area contributed by atoms with Crippen LogP contribution in [0.5, 0.6) is 5.88 Å². The summed E-state index contributed by atoms with van der Waals surface area (Å²) in [4.78, 5) is 3.62. The number of halogens is 2. The van der Waals surface area contributed by atoms with Gasteiger partial charge in [0.1, 0.15) is 6.07 Å². The molecule has 0 radical (unpaired) electrons. The molecule has 0 aliphatic carbocycles. The number of hydrogen-bond acceptors (Lipinski definition) is 4. The SMILES string of the molecule is COc1cc(CN)c(C(F)F)c(C#N)n1. The highest BCUT2D eigenvalue weighted by Crippen LogP contribution is 2.27. The van der Waals surface area contributed by atoms with Crippen LogP contribution >= 0.6 is 0 Å². The van der Waals surface area contributed by atoms with Crippen molar-refractivity contribution < 1.29 is 13.5 Å². The quantitative estimate of drug-likeness (QED) is 0.822. The molecule has 0 atom stereocenters. The minimum absolute atomic E-state index is 0.0900. The maximum atomic E-state index is 12.6. The van der Waals surface area contributed by atoms with Gasteiger partial charge in [0.2, 0.25) is 5.88 Å². The molecule has 4 nitrogen and oxygen atoms in total. The largest absolute Gasteiger partial charge is 0.481 e. The average molecular weight is 213 g/mol. The predicted molar refractivity (Wildman–Crippen MR) is 48.4 cm³/mol. The Bertz CT molecular complexity index is 401. The van der Waals surface area contributed by atoms with E-state index in [1.54, 1.807) is 6.07 Å². The molecule has 0 bridgehead atoms. The van der Waals surface area contributed by atoms with Gasteiger partial charge < -0.3 is 10.5 Å². The summed E-state index contributed by atoms with van der Waals surface area (Å²) in [5, 5.41) is 8.67. The molecule has 0 spiro atoms. The van der Waals surface area contributed by atoms with Crippen LogP contribution in [0.4, 0.5) is 8.78 Å². The highest BCUT2D eigenvalue weighted by atomic mass is 19.3. The van der Waals surface area contributed by atoms with Crippen LogP contribution in [-0.2, 0) is 6.54 Å². The van der Waals surface area contributed by atoms with Crippen molar-refractivity contribution in [3.05, 3.63) is 22.9 Å². The van der Waals surface area contributed by atoms with E-state index >= 15 is 0 Å². The van der Waals surface area contributed by atoms with Crippen molar-refractivity contribution >= 4 is 0 Å². The van der Waals surface area contributed by atoms with E-state index in [1.807, 2.05) is 0 Å². The van der Waals surface area contributed by atoms with Gasteiger partial charge in [-0.05, 0) is 5.56 Å². The molecule has 0 amide bonds. The minimum atomic E-state index is -2.77. The van der Waals surface area contributed by atoms with Gasteiger partial charge in [0, 0.05) is 12.6 Å². The standard InChI is InChI=1S/C9H9F2N3O/c1-15-7-2-5(3-12)8(9(10)11)6(4-13)14-7/h2,9H,3,12H2,1H3. The van der Waals surface area contributed by atoms with E-state index in [4.69, 9.17) is 15.7 Å². The number of nitrogens with two attached hydrogens (primary N) is 1. The van der Waals surface area contributed by atoms with Crippen LogP contribution in [0.25, 0.3) is 0 Å². The van der Waals surface area contributed by atoms with E-state index in [0.29, 0.717) is 0 Å². The van der Waals surface area contributed by atoms with E-state index < -0.39 is 12.0 Å². The first-order valence-electron chi connectivity index (χ1n) is 4.10. The summed E-state index contributed by atoms with van der Waals surface area (Å²) < 4.78 is 30.0. The number of nitrogens with zero attached hydrogens (tertiary/aromatic N) is 2. The second-order valence-electron chi connectivity index (χ2n) is 2.70. The summed E-state index contributed by atoms with van der Waals surface area (Å²) >= 11 is 0. The summed E-state index contributed by atoms with van der Waals surface area (Å²) in [5.41, 5.74) is 4.73. The van der Waals surface area contributed by atoms with Crippen molar-refractivity contribution in [1.82, 2.24) is 4.98 Å². The molecule has 6 heteroatoms. The van der Waals surface area contributed by atoms with Gasteiger partial charge in [-0.3, -0.25) is 0 Å². The van der Waals surface area contributed by atoms with E-state index in [1.165, 1.54) is 13.2 Å². The highest BCUT2D eigenvalue weighted by Gasteiger charge is 2.20. The normalized spacial score (nSPS) is 10.1. The van der Waals surface area contributed by atoms with Crippen LogP contribution in [0.3, 0.4) is 0 Å². The van der Waals surface area contributed by atoms with Crippen molar-refractivity contribution in [2.45, 2.75) is 13.0 Å². The van der Waals surface area contributed by atoms with Crippen molar-refractivity contribution in [1.29, 1.82) is 5.26 Å². The molecule has 80 valence electrons. The lowest BCUT2D eigenvalue weighted by atomic mass is 10.1. The fourth-order valence-electron chi connectivity index (χ4n) is 1.18. The molecule has 0 aromatic carbocycles. The third kappa shape index (κ3) is 2.19. The number of ether oxygens (including phenoxy) is 1. The van der Waals surface area contributed by atoms with Crippen LogP contribution in [-0.4, -0.2) is 12.1 Å². The van der Waals surface area contributed by atoms with E-state index in [-0.39, 0.29) is 23.7 Å². The van der Waals surface area contributed by atoms with E-state index in [0.717, 1.165) is 0 Å². The molecule has 0 aliphatic heterocycles. The first-order valence-corrected chi connectivity index (χ1v) is 4.10. The molecule has 0 saturated carbocycles. The van der Waals surface area contributed by atoms with Crippen molar-refractivity contribution in [2.75, 3.05) is 7.11 Å². The molecular weight excluding hydrogens is 204 g/mol. The Morgan fingerprint density at radius 1 is 1.67 bits per heavy atom. The molecule has 0 fully saturated rings. The van der Waals surface area contributed by atoms with Crippen molar-refractivity contribution in [3.63, 3.8) is 0 Å². The first-order chi connectivity index (χ1) is 7.13. The minimum Gasteiger partial charge on any atom is -0.481 e. The molecular formula is C9H9F2N3O. The third-order valence-electron chi connectivity index (χ3n) is 1.87. The number of nitriles is 1. The number of rotatable bonds is 3. The molecule has 1 aromatic heterocycles. The summed E-state index contributed by atoms with van der Waals surface area (Å²) in [5.74, 6) is 0.108. The van der Waals surface area contributed by atoms with Gasteiger partial charge in [0.05, 0.1) is 12.7 Å². The number of pyridine rings is 1. The lowest BCUT2D eigenvalue weighted by molar-refractivity contribution is 0.149. The summed E-state index contributed by atoms with van der Waals surface area (Å²) in [6.07, 6.45) is -2.77. The lowest BCUT2D eigenvalue weighted by Crippen LogP contribution is -2.07. The summed E-state index contributed by atoms with van der Waals surface area (Å²) in [7, 11) is 1.34. The van der Waals surface area contributed by atoms with Crippen LogP contribution in [0.2, 0.25) is 0 Å². The van der Waals surface area contributed by atoms with Gasteiger partial charge in [-0.2, -0.15) is 5.26 Å². The fourth-order valence-corrected chi connectivity index (χ4v) is 1.18. The maximum absolute atomic E-state index is 12.6. The Morgan fingerprint density at radius 3 is 2.73 bits per heavy atom. The summed E-state index contributed by atoms with van der Waals surface area (Å²) in [6.45, 7) is -0.0900. The Labute approximate surface area is 85.3 Å². The number of methoxy groups -OCH3 is 1. The number of alkyl halides is 2. The van der Waals surface area contributed by atoms with Gasteiger partial charge in [-0.25, -0.2) is 13.8 Å². The molecule has 0 saturated heterocycles. The Kier molecular flexibility index (Phi) is 3.52. The van der Waals surface area contributed by atoms with Gasteiger partial charge in [0.15, 0.2) is 5.69 Å². The van der Waals surface area contributed by atoms with Crippen molar-refractivity contribution in [2.24, 2.45) is 5.73 Å². The Balaban J connectivity index is 3.41. The van der Waals surface area contributed by atoms with E-state index in [2.05, 4.69) is 4.98 Å².